The summed E-state index contributed by atoms with van der Waals surface area (Å²) in [5, 5.41) is 8.74. The molecule has 94 valence electrons. The average Bonchev–Trinajstić information content (AvgIpc) is 2.96. The predicted octanol–water partition coefficient (Wildman–Crippen LogP) is 0.0258. The maximum atomic E-state index is 11.8. The summed E-state index contributed by atoms with van der Waals surface area (Å²) in [5.74, 6) is -1.68. The zero-order valence-corrected chi connectivity index (χ0v) is 10.3. The van der Waals surface area contributed by atoms with Gasteiger partial charge in [0.05, 0.1) is 5.92 Å². The van der Waals surface area contributed by atoms with Crippen LogP contribution in [0.1, 0.15) is 26.7 Å². The van der Waals surface area contributed by atoms with E-state index in [2.05, 4.69) is 4.72 Å². The van der Waals surface area contributed by atoms with Crippen LogP contribution in [0.3, 0.4) is 0 Å². The summed E-state index contributed by atoms with van der Waals surface area (Å²) >= 11 is 0. The molecule has 0 amide bonds. The second-order valence-electron chi connectivity index (χ2n) is 4.09. The molecular formula is C9H18N2O4S. The van der Waals surface area contributed by atoms with E-state index in [1.807, 2.05) is 0 Å². The first-order valence-corrected chi connectivity index (χ1v) is 6.81. The summed E-state index contributed by atoms with van der Waals surface area (Å²) < 4.78 is 27.3. The summed E-state index contributed by atoms with van der Waals surface area (Å²) in [5.41, 5.74) is 0. The molecule has 1 fully saturated rings. The highest BCUT2D eigenvalue weighted by Gasteiger charge is 2.31. The maximum Gasteiger partial charge on any atom is 0.307 e. The van der Waals surface area contributed by atoms with Crippen molar-refractivity contribution in [3.8, 4) is 0 Å². The normalized spacial score (nSPS) is 18.7. The van der Waals surface area contributed by atoms with Crippen LogP contribution in [0.5, 0.6) is 0 Å². The van der Waals surface area contributed by atoms with Gasteiger partial charge in [0.1, 0.15) is 0 Å². The minimum absolute atomic E-state index is 0.00782. The van der Waals surface area contributed by atoms with Gasteiger partial charge >= 0.3 is 5.97 Å². The Morgan fingerprint density at radius 1 is 1.56 bits per heavy atom. The van der Waals surface area contributed by atoms with Gasteiger partial charge in [0, 0.05) is 19.1 Å². The zero-order valence-electron chi connectivity index (χ0n) is 9.51. The SMILES string of the molecule is CCN(CC(C)C(=O)O)S(=O)(=O)NC1CC1. The molecule has 1 unspecified atom stereocenters. The Labute approximate surface area is 95.8 Å². The number of hydrogen-bond donors (Lipinski definition) is 2. The van der Waals surface area contributed by atoms with Crippen molar-refractivity contribution in [3.63, 3.8) is 0 Å². The number of carbonyl (C=O) groups is 1. The molecule has 0 aromatic heterocycles. The first-order valence-electron chi connectivity index (χ1n) is 5.37. The van der Waals surface area contributed by atoms with Crippen molar-refractivity contribution in [2.75, 3.05) is 13.1 Å². The molecular weight excluding hydrogens is 232 g/mol. The van der Waals surface area contributed by atoms with Crippen LogP contribution in [0, 0.1) is 5.92 Å². The number of nitrogens with zero attached hydrogens (tertiary/aromatic N) is 1. The van der Waals surface area contributed by atoms with Crippen LogP contribution in [0.25, 0.3) is 0 Å². The molecule has 6 nitrogen and oxygen atoms in total. The second kappa shape index (κ2) is 5.11. The fourth-order valence-corrected chi connectivity index (χ4v) is 2.83. The fourth-order valence-electron chi connectivity index (χ4n) is 1.27. The van der Waals surface area contributed by atoms with E-state index in [-0.39, 0.29) is 19.1 Å². The van der Waals surface area contributed by atoms with Gasteiger partial charge in [-0.3, -0.25) is 4.79 Å². The highest BCUT2D eigenvalue weighted by Crippen LogP contribution is 2.20. The van der Waals surface area contributed by atoms with Crippen molar-refractivity contribution < 1.29 is 18.3 Å². The minimum atomic E-state index is -3.52. The Morgan fingerprint density at radius 2 is 2.12 bits per heavy atom. The van der Waals surface area contributed by atoms with Crippen LogP contribution in [-0.4, -0.2) is 42.9 Å². The van der Waals surface area contributed by atoms with Gasteiger partial charge in [-0.15, -0.1) is 0 Å². The first-order chi connectivity index (χ1) is 7.36. The van der Waals surface area contributed by atoms with E-state index in [1.54, 1.807) is 6.92 Å². The van der Waals surface area contributed by atoms with E-state index in [1.165, 1.54) is 11.2 Å². The maximum absolute atomic E-state index is 11.8. The Balaban J connectivity index is 2.61. The molecule has 1 aliphatic carbocycles. The van der Waals surface area contributed by atoms with E-state index in [4.69, 9.17) is 5.11 Å². The highest BCUT2D eigenvalue weighted by molar-refractivity contribution is 7.87. The molecule has 1 aliphatic rings. The lowest BCUT2D eigenvalue weighted by molar-refractivity contribution is -0.141. The molecule has 0 aromatic carbocycles. The van der Waals surface area contributed by atoms with Gasteiger partial charge in [0.25, 0.3) is 10.2 Å². The van der Waals surface area contributed by atoms with Crippen LogP contribution < -0.4 is 4.72 Å². The third-order valence-corrected chi connectivity index (χ3v) is 4.20. The molecule has 1 rings (SSSR count). The number of carboxylic acid groups (broad SMARTS) is 1. The summed E-state index contributed by atoms with van der Waals surface area (Å²) in [6.07, 6.45) is 1.73. The van der Waals surface area contributed by atoms with E-state index in [9.17, 15) is 13.2 Å². The lowest BCUT2D eigenvalue weighted by Gasteiger charge is -2.22. The van der Waals surface area contributed by atoms with Crippen molar-refractivity contribution >= 4 is 16.2 Å². The molecule has 0 radical (unpaired) electrons. The molecule has 1 atom stereocenters. The van der Waals surface area contributed by atoms with Crippen molar-refractivity contribution in [2.24, 2.45) is 5.92 Å². The van der Waals surface area contributed by atoms with E-state index in [0.29, 0.717) is 0 Å². The molecule has 16 heavy (non-hydrogen) atoms. The predicted molar refractivity (Wildman–Crippen MR) is 59.1 cm³/mol. The molecule has 0 heterocycles. The van der Waals surface area contributed by atoms with Gasteiger partial charge in [-0.1, -0.05) is 13.8 Å². The molecule has 0 saturated heterocycles. The van der Waals surface area contributed by atoms with Crippen molar-refractivity contribution in [3.05, 3.63) is 0 Å². The first kappa shape index (κ1) is 13.4. The van der Waals surface area contributed by atoms with E-state index < -0.39 is 22.1 Å². The van der Waals surface area contributed by atoms with Crippen LogP contribution in [0.15, 0.2) is 0 Å². The van der Waals surface area contributed by atoms with E-state index >= 15 is 0 Å². The number of hydrogen-bond acceptors (Lipinski definition) is 3. The average molecular weight is 250 g/mol. The Morgan fingerprint density at radius 3 is 2.50 bits per heavy atom. The lowest BCUT2D eigenvalue weighted by Crippen LogP contribution is -2.44. The minimum Gasteiger partial charge on any atom is -0.481 e. The molecule has 0 aliphatic heterocycles. The third-order valence-electron chi connectivity index (χ3n) is 2.48. The molecule has 1 saturated carbocycles. The highest BCUT2D eigenvalue weighted by atomic mass is 32.2. The number of carboxylic acids is 1. The standard InChI is InChI=1S/C9H18N2O4S/c1-3-11(6-7(2)9(12)13)16(14,15)10-8-4-5-8/h7-8,10H,3-6H2,1-2H3,(H,12,13). The van der Waals surface area contributed by atoms with Crippen molar-refractivity contribution in [2.45, 2.75) is 32.7 Å². The summed E-state index contributed by atoms with van der Waals surface area (Å²) in [4.78, 5) is 10.7. The number of rotatable bonds is 7. The Bertz CT molecular complexity index is 351. The van der Waals surface area contributed by atoms with Crippen LogP contribution in [-0.2, 0) is 15.0 Å². The summed E-state index contributed by atoms with van der Waals surface area (Å²) in [7, 11) is -3.52. The Hall–Kier alpha value is -0.660. The largest absolute Gasteiger partial charge is 0.481 e. The van der Waals surface area contributed by atoms with Crippen molar-refractivity contribution in [1.29, 1.82) is 0 Å². The van der Waals surface area contributed by atoms with Gasteiger partial charge < -0.3 is 5.11 Å². The topological polar surface area (TPSA) is 86.7 Å². The number of aliphatic carboxylic acids is 1. The molecule has 0 spiro atoms. The fraction of sp³-hybridized carbons (Fsp3) is 0.889. The lowest BCUT2D eigenvalue weighted by atomic mass is 10.2. The van der Waals surface area contributed by atoms with Gasteiger partial charge in [0.15, 0.2) is 0 Å². The molecule has 2 N–H and O–H groups in total. The van der Waals surface area contributed by atoms with Gasteiger partial charge in [-0.05, 0) is 12.8 Å². The van der Waals surface area contributed by atoms with Gasteiger partial charge in [0.2, 0.25) is 0 Å². The quantitative estimate of drug-likeness (QED) is 0.667. The zero-order chi connectivity index (χ0) is 12.3. The third kappa shape index (κ3) is 3.73. The van der Waals surface area contributed by atoms with E-state index in [0.717, 1.165) is 12.8 Å². The monoisotopic (exact) mass is 250 g/mol. The number of nitrogens with one attached hydrogen (secondary N) is 1. The molecule has 0 aromatic rings. The van der Waals surface area contributed by atoms with Gasteiger partial charge in [-0.2, -0.15) is 17.4 Å². The van der Waals surface area contributed by atoms with Crippen LogP contribution >= 0.6 is 0 Å². The Kier molecular flexibility index (Phi) is 4.28. The molecule has 0 bridgehead atoms. The van der Waals surface area contributed by atoms with Gasteiger partial charge in [-0.25, -0.2) is 0 Å². The van der Waals surface area contributed by atoms with Crippen LogP contribution in [0.4, 0.5) is 0 Å². The summed E-state index contributed by atoms with van der Waals surface area (Å²) in [6.45, 7) is 3.48. The van der Waals surface area contributed by atoms with Crippen molar-refractivity contribution in [1.82, 2.24) is 9.03 Å². The summed E-state index contributed by atoms with van der Waals surface area (Å²) in [6, 6.07) is 0.0409. The van der Waals surface area contributed by atoms with Crippen LogP contribution in [0.2, 0.25) is 0 Å². The smallest absolute Gasteiger partial charge is 0.307 e. The molecule has 7 heteroatoms. The second-order valence-corrected chi connectivity index (χ2v) is 5.79.